The molecule has 1 aliphatic heterocycles. The van der Waals surface area contributed by atoms with Crippen molar-refractivity contribution in [2.45, 2.75) is 26.7 Å². The van der Waals surface area contributed by atoms with Gasteiger partial charge in [0, 0.05) is 23.7 Å². The highest BCUT2D eigenvalue weighted by atomic mass is 35.5. The molecule has 0 bridgehead atoms. The predicted octanol–water partition coefficient (Wildman–Crippen LogP) is 6.50. The molecule has 0 spiro atoms. The highest BCUT2D eigenvalue weighted by Crippen LogP contribution is 2.26. The summed E-state index contributed by atoms with van der Waals surface area (Å²) in [6.07, 6.45) is 3.20. The molecule has 40 heavy (non-hydrogen) atoms. The van der Waals surface area contributed by atoms with Crippen LogP contribution in [0.15, 0.2) is 72.8 Å². The zero-order valence-corrected chi connectivity index (χ0v) is 23.9. The Morgan fingerprint density at radius 2 is 1.75 bits per heavy atom. The van der Waals surface area contributed by atoms with E-state index >= 15 is 0 Å². The van der Waals surface area contributed by atoms with Gasteiger partial charge in [-0.15, -0.1) is 0 Å². The summed E-state index contributed by atoms with van der Waals surface area (Å²) in [5, 5.41) is 10.1. The Bertz CT molecular complexity index is 1360. The van der Waals surface area contributed by atoms with E-state index in [1.165, 1.54) is 0 Å². The summed E-state index contributed by atoms with van der Waals surface area (Å²) < 4.78 is 11.5. The Balaban J connectivity index is 1.46. The molecule has 1 heterocycles. The predicted molar refractivity (Wildman–Crippen MR) is 161 cm³/mol. The summed E-state index contributed by atoms with van der Waals surface area (Å²) in [6.45, 7) is 8.44. The lowest BCUT2D eigenvalue weighted by molar-refractivity contribution is -0.141. The fraction of sp³-hybridized carbons (Fsp3) is 0.324. The summed E-state index contributed by atoms with van der Waals surface area (Å²) in [5.41, 5.74) is 6.20. The Hall–Kier alpha value is -3.56. The SMILES string of the molecule is CCC(Cc1ccc(OC/C=C(\c2ccc(Cl)cc2)c2ccc(C#CCN3CCOCC3)cc2)cc1C)C(=O)O. The standard InChI is InChI=1S/C34H36ClNO4/c1-3-27(34(37)38)24-30-12-15-32(23-25(30)2)40-20-16-33(29-10-13-31(35)14-11-29)28-8-6-26(7-9-28)5-4-17-36-18-21-39-22-19-36/h6-16,23,27H,3,17-22,24H2,1-2H3,(H,37,38)/b33-16-. The van der Waals surface area contributed by atoms with Crippen LogP contribution in [0.5, 0.6) is 5.75 Å². The van der Waals surface area contributed by atoms with Gasteiger partial charge in [0.25, 0.3) is 0 Å². The molecule has 0 saturated carbocycles. The Morgan fingerprint density at radius 1 is 1.07 bits per heavy atom. The average Bonchev–Trinajstić information content (AvgIpc) is 2.96. The zero-order chi connectivity index (χ0) is 28.3. The highest BCUT2D eigenvalue weighted by Gasteiger charge is 2.17. The largest absolute Gasteiger partial charge is 0.490 e. The van der Waals surface area contributed by atoms with Gasteiger partial charge in [-0.2, -0.15) is 0 Å². The number of aliphatic carboxylic acids is 1. The fourth-order valence-corrected chi connectivity index (χ4v) is 4.78. The second-order valence-corrected chi connectivity index (χ2v) is 10.4. The van der Waals surface area contributed by atoms with E-state index < -0.39 is 5.97 Å². The Kier molecular flexibility index (Phi) is 10.8. The summed E-state index contributed by atoms with van der Waals surface area (Å²) in [5.74, 6) is 6.17. The van der Waals surface area contributed by atoms with E-state index in [-0.39, 0.29) is 5.92 Å². The molecule has 5 nitrogen and oxygen atoms in total. The molecule has 0 radical (unpaired) electrons. The quantitative estimate of drug-likeness (QED) is 0.288. The van der Waals surface area contributed by atoms with Crippen LogP contribution in [0.4, 0.5) is 0 Å². The second-order valence-electron chi connectivity index (χ2n) is 9.94. The lowest BCUT2D eigenvalue weighted by atomic mass is 9.94. The van der Waals surface area contributed by atoms with Gasteiger partial charge in [-0.05, 0) is 90.1 Å². The maximum absolute atomic E-state index is 11.4. The van der Waals surface area contributed by atoms with Crippen molar-refractivity contribution in [3.05, 3.63) is 106 Å². The zero-order valence-electron chi connectivity index (χ0n) is 23.2. The van der Waals surface area contributed by atoms with E-state index in [9.17, 15) is 9.90 Å². The monoisotopic (exact) mass is 557 g/mol. The van der Waals surface area contributed by atoms with Crippen molar-refractivity contribution in [3.8, 4) is 17.6 Å². The van der Waals surface area contributed by atoms with Crippen molar-refractivity contribution in [2.24, 2.45) is 5.92 Å². The van der Waals surface area contributed by atoms with Crippen LogP contribution >= 0.6 is 11.6 Å². The Labute approximate surface area is 242 Å². The first-order valence-electron chi connectivity index (χ1n) is 13.7. The van der Waals surface area contributed by atoms with Crippen LogP contribution < -0.4 is 4.74 Å². The van der Waals surface area contributed by atoms with Crippen LogP contribution in [0.1, 0.15) is 41.2 Å². The summed E-state index contributed by atoms with van der Waals surface area (Å²) in [4.78, 5) is 13.7. The van der Waals surface area contributed by atoms with Gasteiger partial charge in [0.15, 0.2) is 0 Å². The van der Waals surface area contributed by atoms with Gasteiger partial charge in [0.1, 0.15) is 12.4 Å². The molecule has 1 atom stereocenters. The van der Waals surface area contributed by atoms with Crippen molar-refractivity contribution in [3.63, 3.8) is 0 Å². The normalized spacial score (nSPS) is 14.7. The van der Waals surface area contributed by atoms with Gasteiger partial charge < -0.3 is 14.6 Å². The molecule has 3 aromatic rings. The number of carbonyl (C=O) groups is 1. The van der Waals surface area contributed by atoms with Crippen LogP contribution in [0.25, 0.3) is 5.57 Å². The third-order valence-electron chi connectivity index (χ3n) is 7.15. The number of benzene rings is 3. The minimum atomic E-state index is -0.754. The van der Waals surface area contributed by atoms with Crippen molar-refractivity contribution < 1.29 is 19.4 Å². The van der Waals surface area contributed by atoms with E-state index in [0.717, 1.165) is 72.0 Å². The first-order valence-corrected chi connectivity index (χ1v) is 14.1. The fourth-order valence-electron chi connectivity index (χ4n) is 4.66. The van der Waals surface area contributed by atoms with Gasteiger partial charge in [-0.25, -0.2) is 0 Å². The van der Waals surface area contributed by atoms with Crippen molar-refractivity contribution >= 4 is 23.1 Å². The van der Waals surface area contributed by atoms with Crippen LogP contribution in [0, 0.1) is 24.7 Å². The molecule has 0 amide bonds. The molecule has 1 unspecified atom stereocenters. The van der Waals surface area contributed by atoms with E-state index in [0.29, 0.717) is 24.5 Å². The summed E-state index contributed by atoms with van der Waals surface area (Å²) in [6, 6.07) is 21.9. The molecule has 1 fully saturated rings. The van der Waals surface area contributed by atoms with E-state index in [4.69, 9.17) is 21.1 Å². The molecule has 208 valence electrons. The van der Waals surface area contributed by atoms with Crippen LogP contribution in [0.3, 0.4) is 0 Å². The maximum atomic E-state index is 11.4. The lowest BCUT2D eigenvalue weighted by Crippen LogP contribution is -2.36. The number of carboxylic acids is 1. The summed E-state index contributed by atoms with van der Waals surface area (Å²) >= 11 is 6.16. The van der Waals surface area contributed by atoms with Gasteiger partial charge >= 0.3 is 5.97 Å². The molecule has 0 aromatic heterocycles. The molecule has 3 aromatic carbocycles. The topological polar surface area (TPSA) is 59.0 Å². The molecule has 4 rings (SSSR count). The van der Waals surface area contributed by atoms with Gasteiger partial charge in [0.05, 0.1) is 25.7 Å². The van der Waals surface area contributed by atoms with Crippen molar-refractivity contribution in [2.75, 3.05) is 39.5 Å². The smallest absolute Gasteiger partial charge is 0.306 e. The molecular formula is C34H36ClNO4. The van der Waals surface area contributed by atoms with Crippen LogP contribution in [-0.2, 0) is 16.0 Å². The number of rotatable bonds is 10. The third-order valence-corrected chi connectivity index (χ3v) is 7.40. The van der Waals surface area contributed by atoms with E-state index in [2.05, 4.69) is 47.1 Å². The minimum absolute atomic E-state index is 0.377. The van der Waals surface area contributed by atoms with Crippen molar-refractivity contribution in [1.29, 1.82) is 0 Å². The third kappa shape index (κ3) is 8.47. The van der Waals surface area contributed by atoms with E-state index in [1.54, 1.807) is 0 Å². The molecule has 6 heteroatoms. The lowest BCUT2D eigenvalue weighted by Gasteiger charge is -2.24. The number of hydrogen-bond donors (Lipinski definition) is 1. The molecule has 1 saturated heterocycles. The van der Waals surface area contributed by atoms with Gasteiger partial charge in [0.2, 0.25) is 0 Å². The first-order chi connectivity index (χ1) is 19.4. The van der Waals surface area contributed by atoms with E-state index in [1.807, 2.05) is 56.3 Å². The molecule has 1 N–H and O–H groups in total. The number of morpholine rings is 1. The number of halogens is 1. The van der Waals surface area contributed by atoms with Gasteiger partial charge in [-0.3, -0.25) is 9.69 Å². The Morgan fingerprint density at radius 3 is 2.38 bits per heavy atom. The van der Waals surface area contributed by atoms with Crippen molar-refractivity contribution in [1.82, 2.24) is 4.90 Å². The summed E-state index contributed by atoms with van der Waals surface area (Å²) in [7, 11) is 0. The first kappa shape index (κ1) is 29.4. The maximum Gasteiger partial charge on any atom is 0.306 e. The molecular weight excluding hydrogens is 522 g/mol. The molecule has 0 aliphatic carbocycles. The van der Waals surface area contributed by atoms with Crippen LogP contribution in [0.2, 0.25) is 5.02 Å². The number of hydrogen-bond acceptors (Lipinski definition) is 4. The number of carboxylic acid groups (broad SMARTS) is 1. The number of ether oxygens (including phenoxy) is 2. The second kappa shape index (κ2) is 14.7. The highest BCUT2D eigenvalue weighted by molar-refractivity contribution is 6.30. The molecule has 1 aliphatic rings. The average molecular weight is 558 g/mol. The number of aryl methyl sites for hydroxylation is 1. The number of nitrogens with zero attached hydrogens (tertiary/aromatic N) is 1. The van der Waals surface area contributed by atoms with Gasteiger partial charge in [-0.1, -0.05) is 60.7 Å². The minimum Gasteiger partial charge on any atom is -0.490 e. The van der Waals surface area contributed by atoms with Crippen LogP contribution in [-0.4, -0.2) is 55.4 Å².